The summed E-state index contributed by atoms with van der Waals surface area (Å²) in [6.07, 6.45) is 9.22. The van der Waals surface area contributed by atoms with Crippen molar-refractivity contribution in [3.05, 3.63) is 59.0 Å². The molecule has 1 aromatic carbocycles. The maximum absolute atomic E-state index is 13.6. The summed E-state index contributed by atoms with van der Waals surface area (Å²) < 4.78 is 1.84. The van der Waals surface area contributed by atoms with Crippen molar-refractivity contribution in [3.8, 4) is 11.8 Å². The lowest BCUT2D eigenvalue weighted by molar-refractivity contribution is 0.0273. The molecule has 1 saturated heterocycles. The number of piperazine rings is 1. The molecule has 1 aliphatic carbocycles. The normalized spacial score (nSPS) is 20.4. The standard InChI is InChI=1S/C27H31ClN6O/c1-19-16-33(14-13-30-19)27(10-3-2-4-11-27)18-32-26(35)20-17-34(23-9-6-12-31-22(23)15-29)24-8-5-7-21(28)25(20)24/h5-9,12,17,19,30H,2-4,10-11,13-14,16,18H2,1H3,(H,32,35)/t19-/m1/s1. The van der Waals surface area contributed by atoms with E-state index < -0.39 is 0 Å². The molecule has 3 heterocycles. The van der Waals surface area contributed by atoms with Gasteiger partial charge in [-0.25, -0.2) is 4.98 Å². The van der Waals surface area contributed by atoms with Crippen LogP contribution in [-0.2, 0) is 0 Å². The van der Waals surface area contributed by atoms with Crippen LogP contribution in [0.25, 0.3) is 16.6 Å². The Kier molecular flexibility index (Phi) is 6.79. The lowest BCUT2D eigenvalue weighted by Crippen LogP contribution is -2.63. The van der Waals surface area contributed by atoms with Crippen LogP contribution >= 0.6 is 11.6 Å². The van der Waals surface area contributed by atoms with Crippen molar-refractivity contribution in [1.29, 1.82) is 5.26 Å². The number of aromatic nitrogens is 2. The monoisotopic (exact) mass is 490 g/mol. The molecule has 1 saturated carbocycles. The summed E-state index contributed by atoms with van der Waals surface area (Å²) in [5.41, 5.74) is 2.20. The second-order valence-electron chi connectivity index (χ2n) is 9.80. The Hall–Kier alpha value is -2.92. The maximum Gasteiger partial charge on any atom is 0.253 e. The van der Waals surface area contributed by atoms with Crippen molar-refractivity contribution < 1.29 is 4.79 Å². The number of nitrogens with one attached hydrogen (secondary N) is 2. The summed E-state index contributed by atoms with van der Waals surface area (Å²) in [5, 5.41) is 17.6. The molecular weight excluding hydrogens is 460 g/mol. The van der Waals surface area contributed by atoms with Gasteiger partial charge in [-0.15, -0.1) is 0 Å². The molecule has 182 valence electrons. The van der Waals surface area contributed by atoms with E-state index in [9.17, 15) is 10.1 Å². The first-order valence-corrected chi connectivity index (χ1v) is 12.8. The Morgan fingerprint density at radius 3 is 2.89 bits per heavy atom. The predicted molar refractivity (Wildman–Crippen MR) is 138 cm³/mol. The lowest BCUT2D eigenvalue weighted by atomic mass is 9.79. The molecule has 2 aromatic heterocycles. The summed E-state index contributed by atoms with van der Waals surface area (Å²) >= 11 is 6.61. The minimum absolute atomic E-state index is 0.0102. The van der Waals surface area contributed by atoms with Crippen molar-refractivity contribution in [2.24, 2.45) is 0 Å². The van der Waals surface area contributed by atoms with Gasteiger partial charge < -0.3 is 15.2 Å². The first kappa shape index (κ1) is 23.8. The smallest absolute Gasteiger partial charge is 0.253 e. The summed E-state index contributed by atoms with van der Waals surface area (Å²) in [4.78, 5) is 20.4. The van der Waals surface area contributed by atoms with E-state index in [4.69, 9.17) is 11.6 Å². The van der Waals surface area contributed by atoms with E-state index in [1.807, 2.05) is 22.8 Å². The van der Waals surface area contributed by atoms with Crippen molar-refractivity contribution in [1.82, 2.24) is 25.1 Å². The fourth-order valence-corrected chi connectivity index (χ4v) is 6.08. The Morgan fingerprint density at radius 1 is 1.29 bits per heavy atom. The number of hydrogen-bond acceptors (Lipinski definition) is 5. The summed E-state index contributed by atoms with van der Waals surface area (Å²) in [5.74, 6) is -0.141. The molecule has 0 unspecified atom stereocenters. The molecule has 2 aliphatic rings. The molecule has 2 fully saturated rings. The van der Waals surface area contributed by atoms with Gasteiger partial charge in [-0.1, -0.05) is 36.9 Å². The summed E-state index contributed by atoms with van der Waals surface area (Å²) in [7, 11) is 0. The number of rotatable bonds is 5. The molecule has 5 rings (SSSR count). The number of nitriles is 1. The summed E-state index contributed by atoms with van der Waals surface area (Å²) in [6, 6.07) is 11.8. The number of amides is 1. The quantitative estimate of drug-likeness (QED) is 0.557. The van der Waals surface area contributed by atoms with Crippen molar-refractivity contribution in [2.45, 2.75) is 50.6 Å². The molecule has 35 heavy (non-hydrogen) atoms. The molecular formula is C27H31ClN6O. The largest absolute Gasteiger partial charge is 0.350 e. The first-order valence-electron chi connectivity index (χ1n) is 12.4. The Balaban J connectivity index is 1.48. The van der Waals surface area contributed by atoms with Gasteiger partial charge >= 0.3 is 0 Å². The first-order chi connectivity index (χ1) is 17.0. The van der Waals surface area contributed by atoms with E-state index in [0.29, 0.717) is 39.9 Å². The third-order valence-electron chi connectivity index (χ3n) is 7.58. The van der Waals surface area contributed by atoms with Crippen LogP contribution in [0.3, 0.4) is 0 Å². The van der Waals surface area contributed by atoms with E-state index in [2.05, 4.69) is 33.5 Å². The number of halogens is 1. The van der Waals surface area contributed by atoms with Gasteiger partial charge in [0.1, 0.15) is 6.07 Å². The van der Waals surface area contributed by atoms with Crippen molar-refractivity contribution in [2.75, 3.05) is 26.2 Å². The van der Waals surface area contributed by atoms with Gasteiger partial charge in [-0.3, -0.25) is 9.69 Å². The van der Waals surface area contributed by atoms with E-state index in [1.165, 1.54) is 19.3 Å². The van der Waals surface area contributed by atoms with E-state index in [0.717, 1.165) is 38.0 Å². The number of benzene rings is 1. The highest BCUT2D eigenvalue weighted by atomic mass is 35.5. The Morgan fingerprint density at radius 2 is 2.11 bits per heavy atom. The van der Waals surface area contributed by atoms with E-state index in [-0.39, 0.29) is 11.4 Å². The van der Waals surface area contributed by atoms with Gasteiger partial charge in [0.25, 0.3) is 5.91 Å². The van der Waals surface area contributed by atoms with Crippen LogP contribution in [0.2, 0.25) is 5.02 Å². The SMILES string of the molecule is C[C@@H]1CN(C2(CNC(=O)c3cn(-c4cccnc4C#N)c4cccc(Cl)c34)CCCCC2)CCN1. The molecule has 7 nitrogen and oxygen atoms in total. The Bertz CT molecular complexity index is 1270. The Labute approximate surface area is 211 Å². The minimum atomic E-state index is -0.141. The second kappa shape index (κ2) is 9.98. The summed E-state index contributed by atoms with van der Waals surface area (Å²) in [6.45, 7) is 5.83. The topological polar surface area (TPSA) is 86.0 Å². The highest BCUT2D eigenvalue weighted by Crippen LogP contribution is 2.35. The molecule has 1 amide bonds. The lowest BCUT2D eigenvalue weighted by Gasteiger charge is -2.49. The molecule has 0 bridgehead atoms. The highest BCUT2D eigenvalue weighted by molar-refractivity contribution is 6.37. The zero-order chi connectivity index (χ0) is 24.4. The minimum Gasteiger partial charge on any atom is -0.350 e. The van der Waals surface area contributed by atoms with Crippen LogP contribution in [0.5, 0.6) is 0 Å². The molecule has 8 heteroatoms. The van der Waals surface area contributed by atoms with E-state index in [1.54, 1.807) is 24.5 Å². The van der Waals surface area contributed by atoms with Crippen LogP contribution in [0, 0.1) is 11.3 Å². The van der Waals surface area contributed by atoms with Crippen molar-refractivity contribution in [3.63, 3.8) is 0 Å². The van der Waals surface area contributed by atoms with Crippen LogP contribution in [0.15, 0.2) is 42.7 Å². The number of hydrogen-bond donors (Lipinski definition) is 2. The predicted octanol–water partition coefficient (Wildman–Crippen LogP) is 4.28. The number of nitrogens with zero attached hydrogens (tertiary/aromatic N) is 4. The van der Waals surface area contributed by atoms with Crippen LogP contribution in [-0.4, -0.2) is 58.1 Å². The molecule has 3 aromatic rings. The number of carbonyl (C=O) groups is 1. The molecule has 0 radical (unpaired) electrons. The van der Waals surface area contributed by atoms with Gasteiger partial charge in [-0.05, 0) is 44.0 Å². The second-order valence-corrected chi connectivity index (χ2v) is 10.2. The average Bonchev–Trinajstić information content (AvgIpc) is 3.29. The van der Waals surface area contributed by atoms with Gasteiger partial charge in [0, 0.05) is 55.5 Å². The molecule has 1 atom stereocenters. The van der Waals surface area contributed by atoms with Gasteiger partial charge in [0.2, 0.25) is 0 Å². The molecule has 0 spiro atoms. The van der Waals surface area contributed by atoms with Crippen LogP contribution < -0.4 is 10.6 Å². The van der Waals surface area contributed by atoms with Gasteiger partial charge in [-0.2, -0.15) is 5.26 Å². The zero-order valence-electron chi connectivity index (χ0n) is 20.1. The number of fused-ring (bicyclic) bond motifs is 1. The highest BCUT2D eigenvalue weighted by Gasteiger charge is 2.39. The fourth-order valence-electron chi connectivity index (χ4n) is 5.81. The van der Waals surface area contributed by atoms with Gasteiger partial charge in [0.05, 0.1) is 21.8 Å². The third-order valence-corrected chi connectivity index (χ3v) is 7.89. The number of pyridine rings is 1. The fraction of sp³-hybridized carbons (Fsp3) is 0.444. The van der Waals surface area contributed by atoms with Crippen LogP contribution in [0.4, 0.5) is 0 Å². The van der Waals surface area contributed by atoms with Gasteiger partial charge in [0.15, 0.2) is 5.69 Å². The maximum atomic E-state index is 13.6. The zero-order valence-corrected chi connectivity index (χ0v) is 20.8. The molecule has 1 aliphatic heterocycles. The third kappa shape index (κ3) is 4.54. The van der Waals surface area contributed by atoms with Crippen molar-refractivity contribution >= 4 is 28.4 Å². The number of carbonyl (C=O) groups excluding carboxylic acids is 1. The van der Waals surface area contributed by atoms with Crippen LogP contribution in [0.1, 0.15) is 55.1 Å². The molecule has 2 N–H and O–H groups in total. The average molecular weight is 491 g/mol. The van der Waals surface area contributed by atoms with E-state index >= 15 is 0 Å².